The van der Waals surface area contributed by atoms with Gasteiger partial charge in [-0.25, -0.2) is 9.78 Å². The molecule has 0 bridgehead atoms. The number of hydrogen-bond donors (Lipinski definition) is 0. The van der Waals surface area contributed by atoms with Gasteiger partial charge in [-0.1, -0.05) is 11.6 Å². The number of halogens is 1. The number of rotatable bonds is 4. The SMILES string of the molecule is CCOC(=O)/C=C/c1cc2ccc(Cl)nc2n1CC. The van der Waals surface area contributed by atoms with E-state index in [1.165, 1.54) is 6.08 Å². The Morgan fingerprint density at radius 2 is 2.26 bits per heavy atom. The molecule has 4 nitrogen and oxygen atoms in total. The Kier molecular flexibility index (Phi) is 4.22. The Morgan fingerprint density at radius 3 is 2.95 bits per heavy atom. The van der Waals surface area contributed by atoms with Crippen LogP contribution in [0.2, 0.25) is 5.15 Å². The fourth-order valence-corrected chi connectivity index (χ4v) is 2.08. The van der Waals surface area contributed by atoms with Crippen LogP contribution in [-0.2, 0) is 16.1 Å². The van der Waals surface area contributed by atoms with Crippen molar-refractivity contribution >= 4 is 34.7 Å². The van der Waals surface area contributed by atoms with Crippen molar-refractivity contribution in [1.29, 1.82) is 0 Å². The summed E-state index contributed by atoms with van der Waals surface area (Å²) in [5, 5.41) is 1.45. The van der Waals surface area contributed by atoms with Gasteiger partial charge >= 0.3 is 5.97 Å². The number of carbonyl (C=O) groups is 1. The highest BCUT2D eigenvalue weighted by molar-refractivity contribution is 6.29. The summed E-state index contributed by atoms with van der Waals surface area (Å²) >= 11 is 5.91. The zero-order chi connectivity index (χ0) is 13.8. The van der Waals surface area contributed by atoms with Gasteiger partial charge in [0.2, 0.25) is 0 Å². The first-order valence-corrected chi connectivity index (χ1v) is 6.54. The number of hydrogen-bond acceptors (Lipinski definition) is 3. The number of fused-ring (bicyclic) bond motifs is 1. The summed E-state index contributed by atoms with van der Waals surface area (Å²) in [5.74, 6) is -0.346. The van der Waals surface area contributed by atoms with Crippen LogP contribution in [0.5, 0.6) is 0 Å². The number of carbonyl (C=O) groups excluding carboxylic acids is 1. The summed E-state index contributed by atoms with van der Waals surface area (Å²) in [7, 11) is 0. The van der Waals surface area contributed by atoms with Gasteiger partial charge in [0.05, 0.1) is 6.61 Å². The van der Waals surface area contributed by atoms with Gasteiger partial charge in [0.25, 0.3) is 0 Å². The molecule has 0 aliphatic rings. The predicted octanol–water partition coefficient (Wildman–Crippen LogP) is 3.29. The van der Waals surface area contributed by atoms with Crippen LogP contribution in [-0.4, -0.2) is 22.1 Å². The molecule has 0 unspecified atom stereocenters. The highest BCUT2D eigenvalue weighted by atomic mass is 35.5. The maximum atomic E-state index is 11.3. The van der Waals surface area contributed by atoms with Crippen LogP contribution in [0.25, 0.3) is 17.1 Å². The number of nitrogens with zero attached hydrogens (tertiary/aromatic N) is 2. The van der Waals surface area contributed by atoms with Gasteiger partial charge in [-0.3, -0.25) is 0 Å². The molecule has 2 heterocycles. The molecule has 2 aromatic heterocycles. The van der Waals surface area contributed by atoms with E-state index in [4.69, 9.17) is 16.3 Å². The van der Waals surface area contributed by atoms with Gasteiger partial charge in [-0.15, -0.1) is 0 Å². The first-order valence-electron chi connectivity index (χ1n) is 6.16. The van der Waals surface area contributed by atoms with E-state index in [0.29, 0.717) is 11.8 Å². The van der Waals surface area contributed by atoms with Crippen molar-refractivity contribution in [3.8, 4) is 0 Å². The third-order valence-electron chi connectivity index (χ3n) is 2.74. The van der Waals surface area contributed by atoms with Crippen LogP contribution in [0.15, 0.2) is 24.3 Å². The molecule has 0 N–H and O–H groups in total. The fraction of sp³-hybridized carbons (Fsp3) is 0.286. The molecule has 0 aliphatic carbocycles. The minimum Gasteiger partial charge on any atom is -0.463 e. The van der Waals surface area contributed by atoms with Crippen LogP contribution >= 0.6 is 11.6 Å². The lowest BCUT2D eigenvalue weighted by atomic mass is 10.3. The Morgan fingerprint density at radius 1 is 1.47 bits per heavy atom. The molecule has 0 atom stereocenters. The van der Waals surface area contributed by atoms with Crippen molar-refractivity contribution in [2.75, 3.05) is 6.61 Å². The number of ether oxygens (including phenoxy) is 1. The minimum absolute atomic E-state index is 0.346. The third kappa shape index (κ3) is 2.96. The highest BCUT2D eigenvalue weighted by Crippen LogP contribution is 2.21. The quantitative estimate of drug-likeness (QED) is 0.490. The molecule has 0 fully saturated rings. The molecular formula is C14H15ClN2O2. The Balaban J connectivity index is 2.40. The summed E-state index contributed by atoms with van der Waals surface area (Å²) in [5.41, 5.74) is 1.72. The molecule has 0 aliphatic heterocycles. The Bertz CT molecular complexity index is 632. The van der Waals surface area contributed by atoms with Crippen molar-refractivity contribution < 1.29 is 9.53 Å². The second-order valence-corrected chi connectivity index (χ2v) is 4.33. The molecule has 5 heteroatoms. The summed E-state index contributed by atoms with van der Waals surface area (Å²) in [6.07, 6.45) is 3.16. The molecule has 19 heavy (non-hydrogen) atoms. The lowest BCUT2D eigenvalue weighted by Crippen LogP contribution is -2.01. The number of pyridine rings is 1. The van der Waals surface area contributed by atoms with Crippen molar-refractivity contribution in [2.24, 2.45) is 0 Å². The second-order valence-electron chi connectivity index (χ2n) is 3.95. The zero-order valence-electron chi connectivity index (χ0n) is 10.9. The molecule has 0 amide bonds. The number of aromatic nitrogens is 2. The van der Waals surface area contributed by atoms with Crippen LogP contribution in [0.1, 0.15) is 19.5 Å². The predicted molar refractivity (Wildman–Crippen MR) is 76.1 cm³/mol. The Hall–Kier alpha value is -1.81. The van der Waals surface area contributed by atoms with Gasteiger partial charge < -0.3 is 9.30 Å². The topological polar surface area (TPSA) is 44.1 Å². The molecule has 0 saturated carbocycles. The van der Waals surface area contributed by atoms with Crippen molar-refractivity contribution in [3.05, 3.63) is 35.1 Å². The standard InChI is InChI=1S/C14H15ClN2O2/c1-3-17-11(6-8-13(18)19-4-2)9-10-5-7-12(15)16-14(10)17/h5-9H,3-4H2,1-2H3/b8-6+. The van der Waals surface area contributed by atoms with Gasteiger partial charge in [-0.05, 0) is 38.1 Å². The van der Waals surface area contributed by atoms with Crippen LogP contribution in [0, 0.1) is 0 Å². The molecule has 0 aromatic carbocycles. The molecule has 2 aromatic rings. The lowest BCUT2D eigenvalue weighted by Gasteiger charge is -2.03. The first kappa shape index (κ1) is 13.6. The van der Waals surface area contributed by atoms with Crippen LogP contribution in [0.4, 0.5) is 0 Å². The largest absolute Gasteiger partial charge is 0.463 e. The molecule has 2 rings (SSSR count). The maximum absolute atomic E-state index is 11.3. The molecule has 0 radical (unpaired) electrons. The maximum Gasteiger partial charge on any atom is 0.330 e. The summed E-state index contributed by atoms with van der Waals surface area (Å²) in [4.78, 5) is 15.6. The van der Waals surface area contributed by atoms with Crippen molar-refractivity contribution in [1.82, 2.24) is 9.55 Å². The van der Waals surface area contributed by atoms with E-state index in [0.717, 1.165) is 23.3 Å². The van der Waals surface area contributed by atoms with Gasteiger partial charge in [0.1, 0.15) is 10.8 Å². The van der Waals surface area contributed by atoms with E-state index in [9.17, 15) is 4.79 Å². The van der Waals surface area contributed by atoms with Crippen molar-refractivity contribution in [3.63, 3.8) is 0 Å². The average molecular weight is 279 g/mol. The van der Waals surface area contributed by atoms with E-state index >= 15 is 0 Å². The molecule has 0 spiro atoms. The third-order valence-corrected chi connectivity index (χ3v) is 2.95. The normalized spacial score (nSPS) is 11.3. The van der Waals surface area contributed by atoms with Gasteiger partial charge in [0.15, 0.2) is 0 Å². The number of aryl methyl sites for hydroxylation is 1. The monoisotopic (exact) mass is 278 g/mol. The first-order chi connectivity index (χ1) is 9.15. The van der Waals surface area contributed by atoms with E-state index in [1.54, 1.807) is 19.1 Å². The molecule has 100 valence electrons. The van der Waals surface area contributed by atoms with Crippen LogP contribution in [0.3, 0.4) is 0 Å². The van der Waals surface area contributed by atoms with Crippen molar-refractivity contribution in [2.45, 2.75) is 20.4 Å². The second kappa shape index (κ2) is 5.89. The lowest BCUT2D eigenvalue weighted by molar-refractivity contribution is -0.137. The number of esters is 1. The zero-order valence-corrected chi connectivity index (χ0v) is 11.6. The smallest absolute Gasteiger partial charge is 0.330 e. The average Bonchev–Trinajstić information content (AvgIpc) is 2.73. The fourth-order valence-electron chi connectivity index (χ4n) is 1.94. The van der Waals surface area contributed by atoms with Crippen LogP contribution < -0.4 is 0 Å². The van der Waals surface area contributed by atoms with E-state index in [2.05, 4.69) is 4.98 Å². The van der Waals surface area contributed by atoms with E-state index in [1.807, 2.05) is 23.6 Å². The van der Waals surface area contributed by atoms with E-state index < -0.39 is 0 Å². The molecular weight excluding hydrogens is 264 g/mol. The summed E-state index contributed by atoms with van der Waals surface area (Å²) < 4.78 is 6.86. The summed E-state index contributed by atoms with van der Waals surface area (Å²) in [6, 6.07) is 5.64. The summed E-state index contributed by atoms with van der Waals surface area (Å²) in [6.45, 7) is 4.92. The minimum atomic E-state index is -0.346. The van der Waals surface area contributed by atoms with Gasteiger partial charge in [-0.2, -0.15) is 0 Å². The Labute approximate surface area is 116 Å². The highest BCUT2D eigenvalue weighted by Gasteiger charge is 2.07. The van der Waals surface area contributed by atoms with Gasteiger partial charge in [0, 0.05) is 23.7 Å². The molecule has 0 saturated heterocycles. The van der Waals surface area contributed by atoms with E-state index in [-0.39, 0.29) is 5.97 Å².